The molecule has 0 bridgehead atoms. The molecule has 0 spiro atoms. The maximum absolute atomic E-state index is 12.8. The number of amides is 2. The number of hydrogen-bond donors (Lipinski definition) is 2. The van der Waals surface area contributed by atoms with Gasteiger partial charge in [-0.1, -0.05) is 43.6 Å². The van der Waals surface area contributed by atoms with Gasteiger partial charge >= 0.3 is 0 Å². The molecule has 0 atom stereocenters. The molecule has 0 radical (unpaired) electrons. The summed E-state index contributed by atoms with van der Waals surface area (Å²) in [6, 6.07) is 12.3. The zero-order chi connectivity index (χ0) is 21.0. The Labute approximate surface area is 176 Å². The Kier molecular flexibility index (Phi) is 6.77. The number of anilines is 1. The van der Waals surface area contributed by atoms with Crippen molar-refractivity contribution in [1.29, 1.82) is 0 Å². The lowest BCUT2D eigenvalue weighted by atomic mass is 10.0. The van der Waals surface area contributed by atoms with Crippen LogP contribution in [0.2, 0.25) is 5.02 Å². The molecule has 29 heavy (non-hydrogen) atoms. The van der Waals surface area contributed by atoms with E-state index in [4.69, 9.17) is 11.6 Å². The number of carbonyl (C=O) groups excluding carboxylic acids is 2. The lowest BCUT2D eigenvalue weighted by Gasteiger charge is -2.34. The number of halogens is 1. The van der Waals surface area contributed by atoms with Gasteiger partial charge in [-0.25, -0.2) is 0 Å². The van der Waals surface area contributed by atoms with Gasteiger partial charge in [-0.3, -0.25) is 14.5 Å². The summed E-state index contributed by atoms with van der Waals surface area (Å²) < 4.78 is 0. The van der Waals surface area contributed by atoms with E-state index in [1.54, 1.807) is 29.2 Å². The summed E-state index contributed by atoms with van der Waals surface area (Å²) in [4.78, 5) is 28.8. The number of aromatic hydroxyl groups is 1. The molecule has 1 aliphatic heterocycles. The molecule has 2 amide bonds. The van der Waals surface area contributed by atoms with Gasteiger partial charge in [-0.15, -0.1) is 0 Å². The van der Waals surface area contributed by atoms with E-state index in [0.29, 0.717) is 42.5 Å². The fourth-order valence-corrected chi connectivity index (χ4v) is 3.51. The Hall–Kier alpha value is -2.57. The van der Waals surface area contributed by atoms with E-state index < -0.39 is 0 Å². The van der Waals surface area contributed by atoms with Gasteiger partial charge in [-0.05, 0) is 35.7 Å². The Morgan fingerprint density at radius 2 is 1.79 bits per heavy atom. The third kappa shape index (κ3) is 5.28. The topological polar surface area (TPSA) is 72.9 Å². The van der Waals surface area contributed by atoms with Crippen LogP contribution in [-0.4, -0.2) is 59.4 Å². The van der Waals surface area contributed by atoms with Crippen molar-refractivity contribution in [3.63, 3.8) is 0 Å². The highest BCUT2D eigenvalue weighted by molar-refractivity contribution is 6.33. The monoisotopic (exact) mass is 415 g/mol. The molecule has 2 aromatic carbocycles. The number of carbonyl (C=O) groups is 2. The average Bonchev–Trinajstić information content (AvgIpc) is 2.69. The standard InChI is InChI=1S/C22H26ClN3O3/c1-15(2)16-7-8-17(20(27)13-16)22(29)26-11-9-25(10-12-26)14-21(28)24-19-6-4-3-5-18(19)23/h3-8,13,15,27H,9-12,14H2,1-2H3,(H,24,28). The summed E-state index contributed by atoms with van der Waals surface area (Å²) in [6.45, 7) is 6.50. The molecule has 1 aliphatic rings. The molecule has 2 aromatic rings. The molecule has 1 fully saturated rings. The summed E-state index contributed by atoms with van der Waals surface area (Å²) in [6.07, 6.45) is 0. The number of rotatable bonds is 5. The van der Waals surface area contributed by atoms with Crippen molar-refractivity contribution < 1.29 is 14.7 Å². The van der Waals surface area contributed by atoms with Gasteiger partial charge in [0.1, 0.15) is 5.75 Å². The number of nitrogens with one attached hydrogen (secondary N) is 1. The minimum atomic E-state index is -0.182. The molecule has 0 saturated carbocycles. The first-order valence-electron chi connectivity index (χ1n) is 9.74. The van der Waals surface area contributed by atoms with Crippen molar-refractivity contribution in [1.82, 2.24) is 9.80 Å². The second-order valence-corrected chi connectivity index (χ2v) is 7.93. The van der Waals surface area contributed by atoms with Gasteiger partial charge in [0.15, 0.2) is 0 Å². The number of nitrogens with zero attached hydrogens (tertiary/aromatic N) is 2. The van der Waals surface area contributed by atoms with Gasteiger partial charge in [0.2, 0.25) is 5.91 Å². The van der Waals surface area contributed by atoms with E-state index >= 15 is 0 Å². The largest absolute Gasteiger partial charge is 0.507 e. The maximum Gasteiger partial charge on any atom is 0.257 e. The molecule has 1 saturated heterocycles. The van der Waals surface area contributed by atoms with Gasteiger partial charge in [0.05, 0.1) is 22.8 Å². The van der Waals surface area contributed by atoms with Crippen LogP contribution in [0.15, 0.2) is 42.5 Å². The van der Waals surface area contributed by atoms with E-state index in [-0.39, 0.29) is 30.0 Å². The minimum Gasteiger partial charge on any atom is -0.507 e. The van der Waals surface area contributed by atoms with Crippen LogP contribution < -0.4 is 5.32 Å². The molecular weight excluding hydrogens is 390 g/mol. The molecule has 6 nitrogen and oxygen atoms in total. The van der Waals surface area contributed by atoms with Crippen LogP contribution in [0.1, 0.15) is 35.7 Å². The number of hydrogen-bond acceptors (Lipinski definition) is 4. The van der Waals surface area contributed by atoms with Crippen LogP contribution in [0.5, 0.6) is 5.75 Å². The van der Waals surface area contributed by atoms with Crippen molar-refractivity contribution in [2.45, 2.75) is 19.8 Å². The second-order valence-electron chi connectivity index (χ2n) is 7.53. The Morgan fingerprint density at radius 3 is 2.41 bits per heavy atom. The van der Waals surface area contributed by atoms with E-state index in [2.05, 4.69) is 5.32 Å². The molecule has 154 valence electrons. The fourth-order valence-electron chi connectivity index (χ4n) is 3.32. The molecule has 1 heterocycles. The van der Waals surface area contributed by atoms with E-state index in [9.17, 15) is 14.7 Å². The summed E-state index contributed by atoms with van der Waals surface area (Å²) in [7, 11) is 0. The number of benzene rings is 2. The predicted octanol–water partition coefficient (Wildman–Crippen LogP) is 3.57. The van der Waals surface area contributed by atoms with Crippen LogP contribution in [0, 0.1) is 0 Å². The van der Waals surface area contributed by atoms with Crippen molar-refractivity contribution in [2.75, 3.05) is 38.0 Å². The average molecular weight is 416 g/mol. The Bertz CT molecular complexity index is 893. The van der Waals surface area contributed by atoms with Crippen LogP contribution in [-0.2, 0) is 4.79 Å². The van der Waals surface area contributed by atoms with Crippen molar-refractivity contribution in [2.24, 2.45) is 0 Å². The quantitative estimate of drug-likeness (QED) is 0.783. The number of piperazine rings is 1. The normalized spacial score (nSPS) is 14.8. The first-order chi connectivity index (χ1) is 13.8. The van der Waals surface area contributed by atoms with Gasteiger partial charge in [0, 0.05) is 26.2 Å². The molecular formula is C22H26ClN3O3. The van der Waals surface area contributed by atoms with Gasteiger partial charge in [0.25, 0.3) is 5.91 Å². The van der Waals surface area contributed by atoms with E-state index in [0.717, 1.165) is 5.56 Å². The van der Waals surface area contributed by atoms with Crippen molar-refractivity contribution in [3.8, 4) is 5.75 Å². The predicted molar refractivity (Wildman–Crippen MR) is 115 cm³/mol. The molecule has 0 aliphatic carbocycles. The number of para-hydroxylation sites is 1. The highest BCUT2D eigenvalue weighted by Gasteiger charge is 2.25. The van der Waals surface area contributed by atoms with Gasteiger partial charge < -0.3 is 15.3 Å². The van der Waals surface area contributed by atoms with Crippen LogP contribution >= 0.6 is 11.6 Å². The van der Waals surface area contributed by atoms with Gasteiger partial charge in [-0.2, -0.15) is 0 Å². The third-order valence-electron chi connectivity index (χ3n) is 5.09. The smallest absolute Gasteiger partial charge is 0.257 e. The lowest BCUT2D eigenvalue weighted by Crippen LogP contribution is -2.50. The van der Waals surface area contributed by atoms with Crippen molar-refractivity contribution >= 4 is 29.1 Å². The minimum absolute atomic E-state index is 0.0164. The summed E-state index contributed by atoms with van der Waals surface area (Å²) in [5.41, 5.74) is 1.90. The van der Waals surface area contributed by atoms with Crippen molar-refractivity contribution in [3.05, 3.63) is 58.6 Å². The first-order valence-corrected chi connectivity index (χ1v) is 10.1. The Balaban J connectivity index is 1.53. The van der Waals surface area contributed by atoms with Crippen LogP contribution in [0.3, 0.4) is 0 Å². The third-order valence-corrected chi connectivity index (χ3v) is 5.42. The molecule has 0 unspecified atom stereocenters. The highest BCUT2D eigenvalue weighted by Crippen LogP contribution is 2.25. The number of phenolic OH excluding ortho intramolecular Hbond substituents is 1. The maximum atomic E-state index is 12.8. The number of phenols is 1. The van der Waals surface area contributed by atoms with E-state index in [1.165, 1.54) is 0 Å². The molecule has 3 rings (SSSR count). The molecule has 0 aromatic heterocycles. The fraction of sp³-hybridized carbons (Fsp3) is 0.364. The summed E-state index contributed by atoms with van der Waals surface area (Å²) in [5.74, 6) is -0.0222. The zero-order valence-electron chi connectivity index (χ0n) is 16.7. The zero-order valence-corrected chi connectivity index (χ0v) is 17.4. The highest BCUT2D eigenvalue weighted by atomic mass is 35.5. The Morgan fingerprint density at radius 1 is 1.10 bits per heavy atom. The molecule has 7 heteroatoms. The second kappa shape index (κ2) is 9.29. The molecule has 2 N–H and O–H groups in total. The van der Waals surface area contributed by atoms with Crippen LogP contribution in [0.25, 0.3) is 0 Å². The summed E-state index contributed by atoms with van der Waals surface area (Å²) >= 11 is 6.07. The van der Waals surface area contributed by atoms with E-state index in [1.807, 2.05) is 36.9 Å². The lowest BCUT2D eigenvalue weighted by molar-refractivity contribution is -0.117. The summed E-state index contributed by atoms with van der Waals surface area (Å²) in [5, 5.41) is 13.6. The first kappa shape index (κ1) is 21.1. The van der Waals surface area contributed by atoms with Crippen LogP contribution in [0.4, 0.5) is 5.69 Å². The SMILES string of the molecule is CC(C)c1ccc(C(=O)N2CCN(CC(=O)Nc3ccccc3Cl)CC2)c(O)c1.